The van der Waals surface area contributed by atoms with Gasteiger partial charge in [0, 0.05) is 42.5 Å². The van der Waals surface area contributed by atoms with E-state index >= 15 is 0 Å². The highest BCUT2D eigenvalue weighted by Gasteiger charge is 2.33. The van der Waals surface area contributed by atoms with Crippen LogP contribution in [0.2, 0.25) is 0 Å². The van der Waals surface area contributed by atoms with Gasteiger partial charge in [-0.2, -0.15) is 0 Å². The maximum absolute atomic E-state index is 13.4. The summed E-state index contributed by atoms with van der Waals surface area (Å²) in [5, 5.41) is 7.44. The van der Waals surface area contributed by atoms with Crippen molar-refractivity contribution in [2.45, 2.75) is 38.5 Å². The molecule has 0 radical (unpaired) electrons. The van der Waals surface area contributed by atoms with Crippen molar-refractivity contribution in [3.05, 3.63) is 88.5 Å². The molecule has 2 aliphatic heterocycles. The lowest BCUT2D eigenvalue weighted by Crippen LogP contribution is -2.33. The number of fused-ring (bicyclic) bond motifs is 2. The predicted octanol–water partition coefficient (Wildman–Crippen LogP) is 3.26. The molecule has 1 saturated carbocycles. The number of amides is 3. The molecule has 3 aliphatic rings. The first kappa shape index (κ1) is 23.2. The van der Waals surface area contributed by atoms with Gasteiger partial charge in [-0.3, -0.25) is 20.2 Å². The molecule has 0 aromatic heterocycles. The second-order valence-corrected chi connectivity index (χ2v) is 9.75. The molecule has 37 heavy (non-hydrogen) atoms. The molecule has 1 aliphatic carbocycles. The molecule has 3 aromatic rings. The third-order valence-corrected chi connectivity index (χ3v) is 6.89. The summed E-state index contributed by atoms with van der Waals surface area (Å²) in [6.07, 6.45) is 1.93. The number of ether oxygens (including phenoxy) is 1. The zero-order valence-electron chi connectivity index (χ0n) is 20.2. The van der Waals surface area contributed by atoms with Crippen LogP contribution >= 0.6 is 0 Å². The second-order valence-electron chi connectivity index (χ2n) is 9.75. The van der Waals surface area contributed by atoms with Crippen molar-refractivity contribution >= 4 is 29.1 Å². The first-order valence-electron chi connectivity index (χ1n) is 12.3. The molecule has 9 heteroatoms. The zero-order chi connectivity index (χ0) is 25.5. The van der Waals surface area contributed by atoms with Gasteiger partial charge in [0.2, 0.25) is 0 Å². The monoisotopic (exact) mass is 497 g/mol. The van der Waals surface area contributed by atoms with Crippen LogP contribution in [0.4, 0.5) is 11.4 Å². The van der Waals surface area contributed by atoms with E-state index in [0.29, 0.717) is 42.2 Å². The summed E-state index contributed by atoms with van der Waals surface area (Å²) in [6, 6.07) is 18.5. The van der Waals surface area contributed by atoms with Gasteiger partial charge in [0.1, 0.15) is 5.75 Å². The van der Waals surface area contributed by atoms with Gasteiger partial charge in [-0.15, -0.1) is 0 Å². The Bertz CT molecular complexity index is 1400. The lowest BCUT2D eigenvalue weighted by molar-refractivity contribution is -0.118. The number of rotatable bonds is 6. The summed E-state index contributed by atoms with van der Waals surface area (Å²) >= 11 is 0. The first-order valence-corrected chi connectivity index (χ1v) is 12.3. The Morgan fingerprint density at radius 3 is 2.54 bits per heavy atom. The Labute approximate surface area is 214 Å². The van der Waals surface area contributed by atoms with Crippen molar-refractivity contribution in [1.82, 2.24) is 9.91 Å². The fourth-order valence-corrected chi connectivity index (χ4v) is 4.79. The molecule has 0 bridgehead atoms. The Hall–Kier alpha value is -4.21. The highest BCUT2D eigenvalue weighted by Crippen LogP contribution is 2.33. The molecule has 0 atom stereocenters. The number of hydrogen-bond acceptors (Lipinski definition) is 6. The fraction of sp³-hybridized carbons (Fsp3) is 0.250. The molecule has 3 aromatic carbocycles. The van der Waals surface area contributed by atoms with Gasteiger partial charge in [0.05, 0.1) is 5.69 Å². The van der Waals surface area contributed by atoms with E-state index in [1.807, 2.05) is 35.2 Å². The number of carbonyl (C=O) groups excluding carboxylic acids is 3. The molecule has 3 amide bonds. The van der Waals surface area contributed by atoms with Crippen LogP contribution in [0.15, 0.2) is 60.7 Å². The number of nitrogens with one attached hydrogen (secondary N) is 2. The molecule has 1 fully saturated rings. The number of hydrazine groups is 1. The van der Waals surface area contributed by atoms with Crippen LogP contribution in [0.5, 0.6) is 5.75 Å². The number of hydrogen-bond donors (Lipinski definition) is 3. The van der Waals surface area contributed by atoms with E-state index in [1.165, 1.54) is 5.56 Å². The van der Waals surface area contributed by atoms with E-state index in [4.69, 9.17) is 10.6 Å². The molecule has 188 valence electrons. The highest BCUT2D eigenvalue weighted by atomic mass is 16.5. The third kappa shape index (κ3) is 4.91. The van der Waals surface area contributed by atoms with Gasteiger partial charge in [-0.25, -0.2) is 5.01 Å². The summed E-state index contributed by atoms with van der Waals surface area (Å²) in [5.41, 5.74) is 5.61. The van der Waals surface area contributed by atoms with Crippen LogP contribution in [0, 0.1) is 0 Å². The van der Waals surface area contributed by atoms with E-state index in [9.17, 15) is 14.4 Å². The van der Waals surface area contributed by atoms with Crippen LogP contribution in [0.25, 0.3) is 0 Å². The number of carbonyl (C=O) groups is 3. The minimum atomic E-state index is -0.210. The van der Waals surface area contributed by atoms with Gasteiger partial charge < -0.3 is 20.3 Å². The van der Waals surface area contributed by atoms with Crippen molar-refractivity contribution in [3.63, 3.8) is 0 Å². The van der Waals surface area contributed by atoms with E-state index in [2.05, 4.69) is 10.6 Å². The van der Waals surface area contributed by atoms with Crippen molar-refractivity contribution in [2.24, 2.45) is 5.84 Å². The van der Waals surface area contributed by atoms with Crippen molar-refractivity contribution in [1.29, 1.82) is 0 Å². The Balaban J connectivity index is 1.13. The van der Waals surface area contributed by atoms with Crippen molar-refractivity contribution in [3.8, 4) is 5.75 Å². The molecular weight excluding hydrogens is 470 g/mol. The molecule has 9 nitrogen and oxygen atoms in total. The first-order chi connectivity index (χ1) is 17.9. The molecule has 0 saturated heterocycles. The van der Waals surface area contributed by atoms with E-state index in [0.717, 1.165) is 29.7 Å². The Morgan fingerprint density at radius 2 is 1.76 bits per heavy atom. The van der Waals surface area contributed by atoms with Gasteiger partial charge >= 0.3 is 0 Å². The SMILES string of the molecule is NN1Cc2ccc(NC(=O)c3ccc(CN(C(=O)c4ccc5c(c4)OCC(=O)N5)C4CC4)cc3)cc2C1. The van der Waals surface area contributed by atoms with Gasteiger partial charge in [-0.1, -0.05) is 18.2 Å². The molecule has 6 rings (SSSR count). The molecule has 4 N–H and O–H groups in total. The summed E-state index contributed by atoms with van der Waals surface area (Å²) in [5.74, 6) is 5.90. The normalized spacial score (nSPS) is 16.3. The van der Waals surface area contributed by atoms with Crippen LogP contribution in [-0.4, -0.2) is 40.3 Å². The lowest BCUT2D eigenvalue weighted by atomic mass is 10.1. The number of anilines is 2. The Kier molecular flexibility index (Phi) is 5.86. The van der Waals surface area contributed by atoms with Crippen molar-refractivity contribution < 1.29 is 19.1 Å². The number of nitrogens with zero attached hydrogens (tertiary/aromatic N) is 2. The van der Waals surface area contributed by atoms with Crippen molar-refractivity contribution in [2.75, 3.05) is 17.2 Å². The lowest BCUT2D eigenvalue weighted by Gasteiger charge is -2.24. The molecule has 0 spiro atoms. The summed E-state index contributed by atoms with van der Waals surface area (Å²) in [6.45, 7) is 1.76. The quantitative estimate of drug-likeness (QED) is 0.450. The van der Waals surface area contributed by atoms with Crippen LogP contribution in [0.1, 0.15) is 50.2 Å². The molecular formula is C28H27N5O4. The average Bonchev–Trinajstić information content (AvgIpc) is 3.67. The maximum Gasteiger partial charge on any atom is 0.262 e. The van der Waals surface area contributed by atoms with Gasteiger partial charge in [-0.05, 0) is 72.0 Å². The van der Waals surface area contributed by atoms with Crippen LogP contribution in [0.3, 0.4) is 0 Å². The van der Waals surface area contributed by atoms with Crippen LogP contribution in [-0.2, 0) is 24.4 Å². The van der Waals surface area contributed by atoms with E-state index in [1.54, 1.807) is 35.3 Å². The maximum atomic E-state index is 13.4. The second kappa shape index (κ2) is 9.34. The summed E-state index contributed by atoms with van der Waals surface area (Å²) < 4.78 is 5.48. The summed E-state index contributed by atoms with van der Waals surface area (Å²) in [4.78, 5) is 39.6. The minimum absolute atomic E-state index is 0.0598. The largest absolute Gasteiger partial charge is 0.482 e. The Morgan fingerprint density at radius 1 is 1.00 bits per heavy atom. The number of nitrogens with two attached hydrogens (primary N) is 1. The fourth-order valence-electron chi connectivity index (χ4n) is 4.79. The summed E-state index contributed by atoms with van der Waals surface area (Å²) in [7, 11) is 0. The smallest absolute Gasteiger partial charge is 0.262 e. The van der Waals surface area contributed by atoms with E-state index in [-0.39, 0.29) is 30.4 Å². The van der Waals surface area contributed by atoms with Gasteiger partial charge in [0.15, 0.2) is 6.61 Å². The van der Waals surface area contributed by atoms with Crippen LogP contribution < -0.4 is 21.2 Å². The molecule has 2 heterocycles. The number of benzene rings is 3. The minimum Gasteiger partial charge on any atom is -0.482 e. The average molecular weight is 498 g/mol. The zero-order valence-corrected chi connectivity index (χ0v) is 20.2. The van der Waals surface area contributed by atoms with E-state index < -0.39 is 0 Å². The highest BCUT2D eigenvalue weighted by molar-refractivity contribution is 6.04. The third-order valence-electron chi connectivity index (χ3n) is 6.89. The topological polar surface area (TPSA) is 117 Å². The molecule has 0 unspecified atom stereocenters. The van der Waals surface area contributed by atoms with Gasteiger partial charge in [0.25, 0.3) is 17.7 Å². The predicted molar refractivity (Wildman–Crippen MR) is 138 cm³/mol. The standard InChI is InChI=1S/C28H27N5O4/c29-32-14-20-5-7-22(11-21(20)15-32)30-27(35)18-3-1-17(2-4-18)13-33(23-8-9-23)28(36)19-6-10-24-25(12-19)37-16-26(34)31-24/h1-7,10-12,23H,8-9,13-16,29H2,(H,30,35)(H,31,34).